The van der Waals surface area contributed by atoms with Crippen molar-refractivity contribution in [2.75, 3.05) is 12.0 Å². The molecule has 11 rings (SSSR count). The van der Waals surface area contributed by atoms with Crippen LogP contribution in [0.2, 0.25) is 0 Å². The molecular formula is C72H60N2O. The molecule has 0 unspecified atom stereocenters. The van der Waals surface area contributed by atoms with Gasteiger partial charge in [0.2, 0.25) is 0 Å². The van der Waals surface area contributed by atoms with Crippen molar-refractivity contribution in [1.29, 1.82) is 0 Å². The van der Waals surface area contributed by atoms with Crippen LogP contribution in [-0.2, 0) is 5.41 Å². The fraction of sp³-hybridized carbons (Fsp3) is 0.0972. The maximum atomic E-state index is 5.91. The fourth-order valence-electron chi connectivity index (χ4n) is 10.3. The fourth-order valence-corrected chi connectivity index (χ4v) is 10.3. The molecule has 0 radical (unpaired) electrons. The molecule has 75 heavy (non-hydrogen) atoms. The topological polar surface area (TPSA) is 25.4 Å². The molecule has 3 heteroatoms. The van der Waals surface area contributed by atoms with Gasteiger partial charge in [-0.1, -0.05) is 220 Å². The quantitative estimate of drug-likeness (QED) is 0.0901. The summed E-state index contributed by atoms with van der Waals surface area (Å²) >= 11 is 0. The number of pyridine rings is 1. The van der Waals surface area contributed by atoms with Crippen molar-refractivity contribution in [1.82, 2.24) is 4.98 Å². The third-order valence-corrected chi connectivity index (χ3v) is 14.4. The van der Waals surface area contributed by atoms with Crippen LogP contribution in [0.25, 0.3) is 66.7 Å². The largest absolute Gasteiger partial charge is 0.497 e. The Morgan fingerprint density at radius 2 is 1.15 bits per heavy atom. The number of ether oxygens (including phenoxy) is 1. The number of rotatable bonds is 12. The average molecular weight is 969 g/mol. The molecule has 0 saturated heterocycles. The summed E-state index contributed by atoms with van der Waals surface area (Å²) in [7, 11) is 1.74. The number of benzene rings is 10. The maximum absolute atomic E-state index is 5.91. The number of aromatic nitrogens is 1. The molecule has 1 aromatic heterocycles. The van der Waals surface area contributed by atoms with Crippen molar-refractivity contribution in [3.05, 3.63) is 293 Å². The molecule has 0 aliphatic carbocycles. The predicted octanol–water partition coefficient (Wildman–Crippen LogP) is 19.3. The smallest absolute Gasteiger partial charge is 0.120 e. The van der Waals surface area contributed by atoms with E-state index < -0.39 is 0 Å². The van der Waals surface area contributed by atoms with Crippen molar-refractivity contribution in [3.63, 3.8) is 0 Å². The molecule has 0 amide bonds. The van der Waals surface area contributed by atoms with Crippen LogP contribution in [0, 0.1) is 13.8 Å². The molecule has 0 spiro atoms. The summed E-state index contributed by atoms with van der Waals surface area (Å²) in [6, 6.07) is 79.4. The molecule has 0 aliphatic rings. The van der Waals surface area contributed by atoms with Gasteiger partial charge in [-0.3, -0.25) is 4.98 Å². The van der Waals surface area contributed by atoms with Gasteiger partial charge in [-0.25, -0.2) is 0 Å². The molecule has 0 bridgehead atoms. The third kappa shape index (κ3) is 10.2. The Morgan fingerprint density at radius 3 is 1.81 bits per heavy atom. The standard InChI is InChI=1S/C72H60N2O/c1-49-27-31-55(32-28-49)69(56-33-29-50(2)30-34-56)44-51-42-59(72(3,4)5)46-61(43-51)74(60-38-35-52(36-39-60)58-20-15-41-73-48-58)71-40-37-54(64-22-11-12-24-68(64)71)19-14-26-67(66-25-13-18-53-16-7-9-21-63(53)66)70-47-62(75-6)45-57-17-8-10-23-65(57)70/h7-48H,1-6H3. The maximum Gasteiger partial charge on any atom is 0.120 e. The summed E-state index contributed by atoms with van der Waals surface area (Å²) in [5.41, 5.74) is 18.2. The highest BCUT2D eigenvalue weighted by Gasteiger charge is 2.22. The van der Waals surface area contributed by atoms with E-state index in [1.54, 1.807) is 7.11 Å². The zero-order valence-electron chi connectivity index (χ0n) is 43.6. The molecule has 3 nitrogen and oxygen atoms in total. The lowest BCUT2D eigenvalue weighted by Crippen LogP contribution is -2.15. The second-order valence-electron chi connectivity index (χ2n) is 20.6. The van der Waals surface area contributed by atoms with Crippen LogP contribution in [0.3, 0.4) is 0 Å². The number of hydrogen-bond donors (Lipinski definition) is 0. The number of allylic oxidation sites excluding steroid dienone is 2. The molecule has 0 aliphatic heterocycles. The number of anilines is 3. The van der Waals surface area contributed by atoms with Gasteiger partial charge >= 0.3 is 0 Å². The number of nitrogens with zero attached hydrogens (tertiary/aromatic N) is 2. The Bertz CT molecular complexity index is 3900. The van der Waals surface area contributed by atoms with Crippen molar-refractivity contribution in [2.45, 2.75) is 40.0 Å². The second-order valence-corrected chi connectivity index (χ2v) is 20.6. The predicted molar refractivity (Wildman–Crippen MR) is 320 cm³/mol. The SMILES string of the molecule is COc1cc(C(=CC=Cc2ccc(N(c3ccc(-c4cccnc4)cc3)c3cc(C=C(c4ccc(C)cc4)c4ccc(C)cc4)cc(C(C)(C)C)c3)c3ccccc23)c2cccc3ccccc23)c2ccccc2c1. The van der Waals surface area contributed by atoms with E-state index in [0.717, 1.165) is 77.9 Å². The van der Waals surface area contributed by atoms with Crippen LogP contribution in [0.15, 0.2) is 243 Å². The lowest BCUT2D eigenvalue weighted by molar-refractivity contribution is 0.415. The Labute approximate surface area is 442 Å². The highest BCUT2D eigenvalue weighted by molar-refractivity contribution is 6.06. The van der Waals surface area contributed by atoms with Crippen LogP contribution in [0.5, 0.6) is 5.75 Å². The minimum Gasteiger partial charge on any atom is -0.497 e. The zero-order valence-corrected chi connectivity index (χ0v) is 43.6. The Hall–Kier alpha value is -9.05. The van der Waals surface area contributed by atoms with Crippen LogP contribution < -0.4 is 9.64 Å². The lowest BCUT2D eigenvalue weighted by atomic mass is 9.85. The number of fused-ring (bicyclic) bond motifs is 3. The van der Waals surface area contributed by atoms with E-state index in [9.17, 15) is 0 Å². The summed E-state index contributed by atoms with van der Waals surface area (Å²) in [5, 5.41) is 7.00. The van der Waals surface area contributed by atoms with Crippen molar-refractivity contribution >= 4 is 72.7 Å². The number of methoxy groups -OCH3 is 1. The van der Waals surface area contributed by atoms with E-state index in [2.05, 4.69) is 281 Å². The lowest BCUT2D eigenvalue weighted by Gasteiger charge is -2.30. The molecular weight excluding hydrogens is 909 g/mol. The van der Waals surface area contributed by atoms with Crippen LogP contribution in [0.1, 0.15) is 70.8 Å². The average Bonchev–Trinajstić information content (AvgIpc) is 3.44. The van der Waals surface area contributed by atoms with Gasteiger partial charge in [-0.15, -0.1) is 0 Å². The first-order valence-electron chi connectivity index (χ1n) is 25.9. The molecule has 0 fully saturated rings. The van der Waals surface area contributed by atoms with Crippen molar-refractivity contribution in [2.24, 2.45) is 0 Å². The van der Waals surface area contributed by atoms with Crippen LogP contribution in [-0.4, -0.2) is 12.1 Å². The summed E-state index contributed by atoms with van der Waals surface area (Å²) < 4.78 is 5.91. The molecule has 11 aromatic rings. The van der Waals surface area contributed by atoms with Gasteiger partial charge in [0.1, 0.15) is 5.75 Å². The molecule has 10 aromatic carbocycles. The van der Waals surface area contributed by atoms with Gasteiger partial charge < -0.3 is 9.64 Å². The minimum atomic E-state index is -0.144. The van der Waals surface area contributed by atoms with Gasteiger partial charge in [-0.05, 0) is 162 Å². The van der Waals surface area contributed by atoms with E-state index in [0.29, 0.717) is 0 Å². The first-order valence-corrected chi connectivity index (χ1v) is 25.9. The molecule has 364 valence electrons. The van der Waals surface area contributed by atoms with Crippen molar-refractivity contribution < 1.29 is 4.74 Å². The first kappa shape index (κ1) is 48.2. The van der Waals surface area contributed by atoms with Gasteiger partial charge in [-0.2, -0.15) is 0 Å². The normalized spacial score (nSPS) is 11.9. The highest BCUT2D eigenvalue weighted by Crippen LogP contribution is 2.44. The van der Waals surface area contributed by atoms with E-state index in [-0.39, 0.29) is 5.41 Å². The first-order chi connectivity index (χ1) is 36.6. The number of hydrogen-bond acceptors (Lipinski definition) is 3. The van der Waals surface area contributed by atoms with E-state index >= 15 is 0 Å². The Kier molecular flexibility index (Phi) is 13.4. The third-order valence-electron chi connectivity index (χ3n) is 14.4. The Balaban J connectivity index is 1.09. The minimum absolute atomic E-state index is 0.144. The summed E-state index contributed by atoms with van der Waals surface area (Å²) in [4.78, 5) is 6.88. The molecule has 0 N–H and O–H groups in total. The Morgan fingerprint density at radius 1 is 0.507 bits per heavy atom. The summed E-state index contributed by atoms with van der Waals surface area (Å²) in [6.07, 6.45) is 12.9. The van der Waals surface area contributed by atoms with Crippen LogP contribution in [0.4, 0.5) is 17.1 Å². The summed E-state index contributed by atoms with van der Waals surface area (Å²) in [5.74, 6) is 0.825. The molecule has 0 atom stereocenters. The van der Waals surface area contributed by atoms with Gasteiger partial charge in [0.15, 0.2) is 0 Å². The van der Waals surface area contributed by atoms with Crippen molar-refractivity contribution in [3.8, 4) is 16.9 Å². The second kappa shape index (κ2) is 20.8. The monoisotopic (exact) mass is 968 g/mol. The van der Waals surface area contributed by atoms with E-state index in [1.807, 2.05) is 18.5 Å². The highest BCUT2D eigenvalue weighted by atomic mass is 16.5. The number of aryl methyl sites for hydroxylation is 2. The molecule has 0 saturated carbocycles. The van der Waals surface area contributed by atoms with Gasteiger partial charge in [0, 0.05) is 29.2 Å². The molecule has 1 heterocycles. The van der Waals surface area contributed by atoms with E-state index in [1.165, 1.54) is 49.5 Å². The summed E-state index contributed by atoms with van der Waals surface area (Å²) in [6.45, 7) is 11.2. The van der Waals surface area contributed by atoms with Gasteiger partial charge in [0.05, 0.1) is 12.8 Å². The zero-order chi connectivity index (χ0) is 51.5. The van der Waals surface area contributed by atoms with E-state index in [4.69, 9.17) is 4.74 Å². The van der Waals surface area contributed by atoms with Gasteiger partial charge in [0.25, 0.3) is 0 Å². The van der Waals surface area contributed by atoms with Crippen LogP contribution >= 0.6 is 0 Å².